The number of carbonyl (C=O) groups is 3. The Kier molecular flexibility index (Phi) is 6.41. The van der Waals surface area contributed by atoms with Crippen molar-refractivity contribution in [3.05, 3.63) is 0 Å². The molecule has 0 aromatic carbocycles. The molecule has 8 nitrogen and oxygen atoms in total. The third kappa shape index (κ3) is 4.89. The van der Waals surface area contributed by atoms with Crippen LogP contribution in [0.15, 0.2) is 0 Å². The largest absolute Gasteiger partial charge is 0.481 e. The van der Waals surface area contributed by atoms with Gasteiger partial charge >= 0.3 is 12.0 Å². The van der Waals surface area contributed by atoms with E-state index in [-0.39, 0.29) is 31.4 Å². The molecule has 3 N–H and O–H groups in total. The van der Waals surface area contributed by atoms with Gasteiger partial charge in [0.05, 0.1) is 5.41 Å². The molecule has 0 atom stereocenters. The van der Waals surface area contributed by atoms with Gasteiger partial charge in [0, 0.05) is 46.8 Å². The molecule has 0 saturated carbocycles. The zero-order chi connectivity index (χ0) is 15.9. The maximum absolute atomic E-state index is 11.9. The molecular formula is C13H23N3O5. The van der Waals surface area contributed by atoms with Crippen LogP contribution < -0.4 is 10.6 Å². The Morgan fingerprint density at radius 3 is 2.43 bits per heavy atom. The molecule has 0 aliphatic carbocycles. The average molecular weight is 301 g/mol. The molecule has 1 saturated heterocycles. The maximum atomic E-state index is 11.9. The molecule has 3 amide bonds. The van der Waals surface area contributed by atoms with E-state index in [1.807, 2.05) is 0 Å². The molecule has 0 aromatic rings. The molecule has 1 fully saturated rings. The molecule has 0 spiro atoms. The van der Waals surface area contributed by atoms with Crippen LogP contribution in [0.25, 0.3) is 0 Å². The first-order valence-electron chi connectivity index (χ1n) is 6.92. The second-order valence-corrected chi connectivity index (χ2v) is 5.20. The minimum Gasteiger partial charge on any atom is -0.481 e. The van der Waals surface area contributed by atoms with Crippen molar-refractivity contribution in [1.82, 2.24) is 15.5 Å². The number of ether oxygens (including phenoxy) is 1. The van der Waals surface area contributed by atoms with Crippen molar-refractivity contribution >= 4 is 17.9 Å². The van der Waals surface area contributed by atoms with Crippen LogP contribution in [0.1, 0.15) is 19.3 Å². The number of amides is 3. The number of nitrogens with zero attached hydrogens (tertiary/aromatic N) is 1. The summed E-state index contributed by atoms with van der Waals surface area (Å²) in [5.41, 5.74) is -0.963. The highest BCUT2D eigenvalue weighted by Gasteiger charge is 2.40. The van der Waals surface area contributed by atoms with Gasteiger partial charge in [-0.1, -0.05) is 0 Å². The van der Waals surface area contributed by atoms with Crippen molar-refractivity contribution in [3.63, 3.8) is 0 Å². The number of hydrogen-bond donors (Lipinski definition) is 3. The van der Waals surface area contributed by atoms with Crippen LogP contribution in [-0.4, -0.2) is 68.3 Å². The van der Waals surface area contributed by atoms with Crippen molar-refractivity contribution in [2.75, 3.05) is 40.4 Å². The number of carbonyl (C=O) groups excluding carboxylic acids is 2. The standard InChI is InChI=1S/C13H23N3O5/c1-14-10(17)3-6-16(2)12(20)15-9-13(11(18)19)4-7-21-8-5-13/h3-9H2,1-2H3,(H,14,17)(H,15,20)(H,18,19). The summed E-state index contributed by atoms with van der Waals surface area (Å²) in [5, 5.41) is 14.5. The number of urea groups is 1. The first-order chi connectivity index (χ1) is 9.91. The van der Waals surface area contributed by atoms with Gasteiger partial charge in [-0.25, -0.2) is 4.79 Å². The minimum absolute atomic E-state index is 0.0643. The summed E-state index contributed by atoms with van der Waals surface area (Å²) >= 11 is 0. The van der Waals surface area contributed by atoms with Gasteiger partial charge in [0.1, 0.15) is 0 Å². The molecule has 1 heterocycles. The molecule has 8 heteroatoms. The number of hydrogen-bond acceptors (Lipinski definition) is 4. The van der Waals surface area contributed by atoms with E-state index in [9.17, 15) is 19.5 Å². The van der Waals surface area contributed by atoms with E-state index in [4.69, 9.17) is 4.74 Å². The van der Waals surface area contributed by atoms with Gasteiger partial charge in [-0.05, 0) is 12.8 Å². The molecule has 0 bridgehead atoms. The number of carboxylic acid groups (broad SMARTS) is 1. The quantitative estimate of drug-likeness (QED) is 0.621. The second-order valence-electron chi connectivity index (χ2n) is 5.20. The summed E-state index contributed by atoms with van der Waals surface area (Å²) in [5.74, 6) is -1.07. The fraction of sp³-hybridized carbons (Fsp3) is 0.769. The molecule has 0 aromatic heterocycles. The van der Waals surface area contributed by atoms with Crippen molar-refractivity contribution < 1.29 is 24.2 Å². The molecule has 1 aliphatic heterocycles. The monoisotopic (exact) mass is 301 g/mol. The van der Waals surface area contributed by atoms with Gasteiger partial charge in [-0.3, -0.25) is 9.59 Å². The Morgan fingerprint density at radius 1 is 1.29 bits per heavy atom. The van der Waals surface area contributed by atoms with Crippen molar-refractivity contribution in [2.45, 2.75) is 19.3 Å². The van der Waals surface area contributed by atoms with Crippen molar-refractivity contribution in [3.8, 4) is 0 Å². The van der Waals surface area contributed by atoms with E-state index in [1.54, 1.807) is 7.05 Å². The normalized spacial score (nSPS) is 16.9. The van der Waals surface area contributed by atoms with Gasteiger partial charge in [-0.2, -0.15) is 0 Å². The molecule has 21 heavy (non-hydrogen) atoms. The lowest BCUT2D eigenvalue weighted by atomic mass is 9.80. The predicted octanol–water partition coefficient (Wildman–Crippen LogP) is -0.355. The Labute approximate surface area is 123 Å². The molecule has 120 valence electrons. The lowest BCUT2D eigenvalue weighted by molar-refractivity contribution is -0.154. The fourth-order valence-electron chi connectivity index (χ4n) is 2.10. The summed E-state index contributed by atoms with van der Waals surface area (Å²) in [6.45, 7) is 1.10. The van der Waals surface area contributed by atoms with Crippen LogP contribution in [0.4, 0.5) is 4.79 Å². The summed E-state index contributed by atoms with van der Waals surface area (Å²) in [4.78, 5) is 35.8. The average Bonchev–Trinajstić information content (AvgIpc) is 2.50. The predicted molar refractivity (Wildman–Crippen MR) is 74.8 cm³/mol. The van der Waals surface area contributed by atoms with E-state index >= 15 is 0 Å². The Hall–Kier alpha value is -1.83. The Morgan fingerprint density at radius 2 is 1.90 bits per heavy atom. The summed E-state index contributed by atoms with van der Waals surface area (Å²) in [6.07, 6.45) is 0.966. The molecule has 1 aliphatic rings. The van der Waals surface area contributed by atoms with Crippen LogP contribution in [0.2, 0.25) is 0 Å². The van der Waals surface area contributed by atoms with Crippen molar-refractivity contribution in [1.29, 1.82) is 0 Å². The molecule has 0 radical (unpaired) electrons. The topological polar surface area (TPSA) is 108 Å². The van der Waals surface area contributed by atoms with E-state index in [0.29, 0.717) is 26.1 Å². The van der Waals surface area contributed by atoms with Crippen LogP contribution in [0.5, 0.6) is 0 Å². The van der Waals surface area contributed by atoms with Crippen LogP contribution in [0, 0.1) is 5.41 Å². The third-order valence-electron chi connectivity index (χ3n) is 3.78. The first-order valence-corrected chi connectivity index (χ1v) is 6.92. The van der Waals surface area contributed by atoms with Crippen LogP contribution in [0.3, 0.4) is 0 Å². The Balaban J connectivity index is 2.46. The first kappa shape index (κ1) is 17.2. The summed E-state index contributed by atoms with van der Waals surface area (Å²) in [7, 11) is 3.10. The highest BCUT2D eigenvalue weighted by atomic mass is 16.5. The molecule has 0 unspecified atom stereocenters. The minimum atomic E-state index is -0.963. The van der Waals surface area contributed by atoms with E-state index in [0.717, 1.165) is 0 Å². The zero-order valence-corrected chi connectivity index (χ0v) is 12.5. The number of carboxylic acids is 1. The number of rotatable bonds is 6. The van der Waals surface area contributed by atoms with E-state index in [1.165, 1.54) is 11.9 Å². The molecule has 1 rings (SSSR count). The number of aliphatic carboxylic acids is 1. The second kappa shape index (κ2) is 7.82. The smallest absolute Gasteiger partial charge is 0.317 e. The van der Waals surface area contributed by atoms with Gasteiger partial charge in [0.25, 0.3) is 0 Å². The van der Waals surface area contributed by atoms with E-state index in [2.05, 4.69) is 10.6 Å². The van der Waals surface area contributed by atoms with Crippen LogP contribution in [-0.2, 0) is 14.3 Å². The van der Waals surface area contributed by atoms with Gasteiger partial charge in [0.15, 0.2) is 0 Å². The lowest BCUT2D eigenvalue weighted by Gasteiger charge is -2.33. The van der Waals surface area contributed by atoms with Gasteiger partial charge in [0.2, 0.25) is 5.91 Å². The molecular weight excluding hydrogens is 278 g/mol. The fourth-order valence-corrected chi connectivity index (χ4v) is 2.10. The summed E-state index contributed by atoms with van der Waals surface area (Å²) in [6, 6.07) is -0.383. The zero-order valence-electron chi connectivity index (χ0n) is 12.5. The lowest BCUT2D eigenvalue weighted by Crippen LogP contribution is -2.49. The Bertz CT molecular complexity index is 393. The highest BCUT2D eigenvalue weighted by Crippen LogP contribution is 2.30. The van der Waals surface area contributed by atoms with E-state index < -0.39 is 11.4 Å². The summed E-state index contributed by atoms with van der Waals surface area (Å²) < 4.78 is 5.18. The maximum Gasteiger partial charge on any atom is 0.317 e. The highest BCUT2D eigenvalue weighted by molar-refractivity contribution is 5.79. The SMILES string of the molecule is CNC(=O)CCN(C)C(=O)NCC1(C(=O)O)CCOCC1. The van der Waals surface area contributed by atoms with Gasteiger partial charge in [-0.15, -0.1) is 0 Å². The van der Waals surface area contributed by atoms with Gasteiger partial charge < -0.3 is 25.4 Å². The van der Waals surface area contributed by atoms with Crippen molar-refractivity contribution in [2.24, 2.45) is 5.41 Å². The third-order valence-corrected chi connectivity index (χ3v) is 3.78. The van der Waals surface area contributed by atoms with Crippen LogP contribution >= 0.6 is 0 Å². The number of nitrogens with one attached hydrogen (secondary N) is 2.